The highest BCUT2D eigenvalue weighted by atomic mass is 14.1. The largest absolute Gasteiger partial charge is 0.0955 e. The Hall–Kier alpha value is -1.04. The summed E-state index contributed by atoms with van der Waals surface area (Å²) >= 11 is 0. The Morgan fingerprint density at radius 2 is 1.76 bits per heavy atom. The van der Waals surface area contributed by atoms with Gasteiger partial charge in [0.15, 0.2) is 0 Å². The molecule has 94 valence electrons. The molecule has 1 aromatic rings. The Morgan fingerprint density at radius 3 is 2.29 bits per heavy atom. The molecule has 1 atom stereocenters. The SMILES string of the molecule is C=C(C)c1ccc(C(C)CCCCCC)cc1. The third-order valence-corrected chi connectivity index (χ3v) is 3.46. The van der Waals surface area contributed by atoms with Crippen LogP contribution < -0.4 is 0 Å². The van der Waals surface area contributed by atoms with E-state index in [4.69, 9.17) is 0 Å². The van der Waals surface area contributed by atoms with Gasteiger partial charge in [-0.2, -0.15) is 0 Å². The molecular formula is C17H26. The van der Waals surface area contributed by atoms with Crippen LogP contribution in [-0.2, 0) is 0 Å². The molecule has 1 unspecified atom stereocenters. The fourth-order valence-corrected chi connectivity index (χ4v) is 2.14. The molecular weight excluding hydrogens is 204 g/mol. The van der Waals surface area contributed by atoms with Crippen LogP contribution in [0.3, 0.4) is 0 Å². The van der Waals surface area contributed by atoms with Crippen molar-refractivity contribution in [3.05, 3.63) is 42.0 Å². The first-order valence-electron chi connectivity index (χ1n) is 6.91. The molecule has 0 spiro atoms. The molecule has 0 nitrogen and oxygen atoms in total. The van der Waals surface area contributed by atoms with Crippen LogP contribution in [0.4, 0.5) is 0 Å². The molecule has 0 aromatic heterocycles. The second kappa shape index (κ2) is 7.32. The summed E-state index contributed by atoms with van der Waals surface area (Å²) in [7, 11) is 0. The van der Waals surface area contributed by atoms with E-state index in [1.807, 2.05) is 0 Å². The second-order valence-electron chi connectivity index (χ2n) is 5.15. The van der Waals surface area contributed by atoms with Crippen molar-refractivity contribution in [1.82, 2.24) is 0 Å². The first-order chi connectivity index (χ1) is 8.15. The lowest BCUT2D eigenvalue weighted by atomic mass is 9.93. The number of hydrogen-bond acceptors (Lipinski definition) is 0. The van der Waals surface area contributed by atoms with E-state index in [1.54, 1.807) is 0 Å². The summed E-state index contributed by atoms with van der Waals surface area (Å²) in [5.74, 6) is 0.686. The Balaban J connectivity index is 2.46. The van der Waals surface area contributed by atoms with Crippen LogP contribution >= 0.6 is 0 Å². The van der Waals surface area contributed by atoms with Crippen molar-refractivity contribution in [1.29, 1.82) is 0 Å². The predicted octanol–water partition coefficient (Wildman–Crippen LogP) is 5.79. The van der Waals surface area contributed by atoms with Gasteiger partial charge in [-0.1, -0.05) is 75.9 Å². The molecule has 0 aliphatic rings. The summed E-state index contributed by atoms with van der Waals surface area (Å²) in [5.41, 5.74) is 3.87. The first kappa shape index (κ1) is 14.0. The molecule has 0 bridgehead atoms. The Labute approximate surface area is 107 Å². The number of unbranched alkanes of at least 4 members (excludes halogenated alkanes) is 3. The molecule has 1 aromatic carbocycles. The predicted molar refractivity (Wildman–Crippen MR) is 78.3 cm³/mol. The average molecular weight is 230 g/mol. The van der Waals surface area contributed by atoms with Crippen molar-refractivity contribution in [3.8, 4) is 0 Å². The molecule has 0 saturated carbocycles. The molecule has 0 amide bonds. The van der Waals surface area contributed by atoms with Crippen molar-refractivity contribution in [2.24, 2.45) is 0 Å². The van der Waals surface area contributed by atoms with Crippen molar-refractivity contribution in [2.45, 2.75) is 58.8 Å². The van der Waals surface area contributed by atoms with Gasteiger partial charge in [0.2, 0.25) is 0 Å². The van der Waals surface area contributed by atoms with Gasteiger partial charge >= 0.3 is 0 Å². The maximum Gasteiger partial charge on any atom is -0.0190 e. The highest BCUT2D eigenvalue weighted by molar-refractivity contribution is 5.61. The summed E-state index contributed by atoms with van der Waals surface area (Å²) in [6, 6.07) is 8.91. The maximum atomic E-state index is 3.97. The van der Waals surface area contributed by atoms with E-state index in [1.165, 1.54) is 43.2 Å². The van der Waals surface area contributed by atoms with Gasteiger partial charge in [0.1, 0.15) is 0 Å². The van der Waals surface area contributed by atoms with Gasteiger partial charge in [-0.3, -0.25) is 0 Å². The summed E-state index contributed by atoms with van der Waals surface area (Å²) < 4.78 is 0. The van der Waals surface area contributed by atoms with E-state index >= 15 is 0 Å². The minimum atomic E-state index is 0.686. The molecule has 0 heterocycles. The zero-order valence-electron chi connectivity index (χ0n) is 11.6. The minimum absolute atomic E-state index is 0.686. The summed E-state index contributed by atoms with van der Waals surface area (Å²) in [6.07, 6.45) is 6.75. The van der Waals surface area contributed by atoms with Gasteiger partial charge in [-0.25, -0.2) is 0 Å². The van der Waals surface area contributed by atoms with Crippen molar-refractivity contribution in [2.75, 3.05) is 0 Å². The average Bonchev–Trinajstić information content (AvgIpc) is 2.34. The van der Waals surface area contributed by atoms with Gasteiger partial charge in [0.25, 0.3) is 0 Å². The lowest BCUT2D eigenvalue weighted by molar-refractivity contribution is 0.580. The number of rotatable bonds is 7. The summed E-state index contributed by atoms with van der Waals surface area (Å²) in [5, 5.41) is 0. The number of benzene rings is 1. The van der Waals surface area contributed by atoms with E-state index in [9.17, 15) is 0 Å². The van der Waals surface area contributed by atoms with E-state index in [-0.39, 0.29) is 0 Å². The maximum absolute atomic E-state index is 3.97. The monoisotopic (exact) mass is 230 g/mol. The van der Waals surface area contributed by atoms with Gasteiger partial charge in [-0.15, -0.1) is 0 Å². The van der Waals surface area contributed by atoms with Gasteiger partial charge in [-0.05, 0) is 30.4 Å². The van der Waals surface area contributed by atoms with E-state index in [0.717, 1.165) is 5.57 Å². The highest BCUT2D eigenvalue weighted by Gasteiger charge is 2.05. The summed E-state index contributed by atoms with van der Waals surface area (Å²) in [6.45, 7) is 10.6. The van der Waals surface area contributed by atoms with Crippen LogP contribution in [0.15, 0.2) is 30.8 Å². The highest BCUT2D eigenvalue weighted by Crippen LogP contribution is 2.23. The van der Waals surface area contributed by atoms with Crippen molar-refractivity contribution in [3.63, 3.8) is 0 Å². The van der Waals surface area contributed by atoms with Crippen LogP contribution in [0.2, 0.25) is 0 Å². The fraction of sp³-hybridized carbons (Fsp3) is 0.529. The summed E-state index contributed by atoms with van der Waals surface area (Å²) in [4.78, 5) is 0. The zero-order chi connectivity index (χ0) is 12.7. The Bertz CT molecular complexity index is 332. The Kier molecular flexibility index (Phi) is 6.04. The Morgan fingerprint density at radius 1 is 1.12 bits per heavy atom. The molecule has 0 aliphatic heterocycles. The molecule has 0 fully saturated rings. The van der Waals surface area contributed by atoms with Gasteiger partial charge < -0.3 is 0 Å². The normalized spacial score (nSPS) is 12.4. The van der Waals surface area contributed by atoms with Crippen molar-refractivity contribution >= 4 is 5.57 Å². The lowest BCUT2D eigenvalue weighted by Gasteiger charge is -2.12. The third-order valence-electron chi connectivity index (χ3n) is 3.46. The van der Waals surface area contributed by atoms with Crippen molar-refractivity contribution < 1.29 is 0 Å². The lowest BCUT2D eigenvalue weighted by Crippen LogP contribution is -1.94. The van der Waals surface area contributed by atoms with Crippen LogP contribution in [-0.4, -0.2) is 0 Å². The van der Waals surface area contributed by atoms with Crippen LogP contribution in [0, 0.1) is 0 Å². The third kappa shape index (κ3) is 4.77. The molecule has 0 saturated heterocycles. The second-order valence-corrected chi connectivity index (χ2v) is 5.15. The standard InChI is InChI=1S/C17H26/c1-5-6-7-8-9-15(4)17-12-10-16(11-13-17)14(2)3/h10-13,15H,2,5-9H2,1,3-4H3. The van der Waals surface area contributed by atoms with E-state index in [2.05, 4.69) is 51.6 Å². The number of allylic oxidation sites excluding steroid dienone is 1. The first-order valence-corrected chi connectivity index (χ1v) is 6.91. The number of hydrogen-bond donors (Lipinski definition) is 0. The van der Waals surface area contributed by atoms with Gasteiger partial charge in [0, 0.05) is 0 Å². The van der Waals surface area contributed by atoms with E-state index < -0.39 is 0 Å². The van der Waals surface area contributed by atoms with Crippen LogP contribution in [0.5, 0.6) is 0 Å². The smallest absolute Gasteiger partial charge is 0.0190 e. The molecule has 0 radical (unpaired) electrons. The van der Waals surface area contributed by atoms with Crippen LogP contribution in [0.1, 0.15) is 69.9 Å². The molecule has 0 N–H and O–H groups in total. The molecule has 0 heteroatoms. The fourth-order valence-electron chi connectivity index (χ4n) is 2.14. The van der Waals surface area contributed by atoms with Gasteiger partial charge in [0.05, 0.1) is 0 Å². The quantitative estimate of drug-likeness (QED) is 0.520. The molecule has 1 rings (SSSR count). The topological polar surface area (TPSA) is 0 Å². The molecule has 0 aliphatic carbocycles. The molecule has 17 heavy (non-hydrogen) atoms. The van der Waals surface area contributed by atoms with Crippen LogP contribution in [0.25, 0.3) is 5.57 Å². The van der Waals surface area contributed by atoms with E-state index in [0.29, 0.717) is 5.92 Å². The minimum Gasteiger partial charge on any atom is -0.0955 e. The zero-order valence-corrected chi connectivity index (χ0v) is 11.6.